The number of imidazole rings is 1. The Morgan fingerprint density at radius 2 is 1.97 bits per heavy atom. The standard InChI is InChI=1S/C24H20N8O2/c1-3-8-17-14-27-19-13-18(31(24(34)32(17)19)16-9-5-4-6-10-16)15(2)28-23(33)20-21(25)29-30-12-7-11-26-22(20)30/h4-7,9-15H,1-2H3,(H2,25,29)(H,28,33)/t15-/m0/s1. The second-order valence-electron chi connectivity index (χ2n) is 7.58. The van der Waals surface area contributed by atoms with E-state index in [0.717, 1.165) is 0 Å². The fraction of sp³-hybridized carbons (Fsp3) is 0.125. The van der Waals surface area contributed by atoms with Crippen molar-refractivity contribution in [3.8, 4) is 17.5 Å². The minimum absolute atomic E-state index is 0.0651. The summed E-state index contributed by atoms with van der Waals surface area (Å²) in [6.45, 7) is 3.48. The van der Waals surface area contributed by atoms with Crippen molar-refractivity contribution in [3.05, 3.63) is 88.5 Å². The molecule has 0 spiro atoms. The molecule has 3 N–H and O–H groups in total. The number of hydrogen-bond donors (Lipinski definition) is 2. The van der Waals surface area contributed by atoms with Gasteiger partial charge in [0, 0.05) is 18.5 Å². The van der Waals surface area contributed by atoms with Crippen LogP contribution in [-0.4, -0.2) is 34.5 Å². The minimum Gasteiger partial charge on any atom is -0.381 e. The van der Waals surface area contributed by atoms with Crippen molar-refractivity contribution in [2.75, 3.05) is 5.73 Å². The Labute approximate surface area is 193 Å². The van der Waals surface area contributed by atoms with Crippen molar-refractivity contribution in [2.45, 2.75) is 19.9 Å². The Hall–Kier alpha value is -4.91. The van der Waals surface area contributed by atoms with Gasteiger partial charge in [0.1, 0.15) is 16.9 Å². The molecule has 0 aliphatic rings. The maximum atomic E-state index is 13.6. The number of carbonyl (C=O) groups is 1. The normalized spacial score (nSPS) is 11.8. The molecule has 10 nitrogen and oxygen atoms in total. The molecular formula is C24H20N8O2. The third kappa shape index (κ3) is 3.36. The van der Waals surface area contributed by atoms with E-state index >= 15 is 0 Å². The number of fused-ring (bicyclic) bond motifs is 2. The molecule has 1 aromatic carbocycles. The first kappa shape index (κ1) is 21.0. The van der Waals surface area contributed by atoms with Crippen molar-refractivity contribution in [1.82, 2.24) is 33.9 Å². The van der Waals surface area contributed by atoms with E-state index in [-0.39, 0.29) is 17.1 Å². The lowest BCUT2D eigenvalue weighted by Gasteiger charge is -2.20. The summed E-state index contributed by atoms with van der Waals surface area (Å²) in [7, 11) is 0. The van der Waals surface area contributed by atoms with Gasteiger partial charge in [-0.15, -0.1) is 5.10 Å². The fourth-order valence-corrected chi connectivity index (χ4v) is 3.91. The zero-order valence-corrected chi connectivity index (χ0v) is 18.4. The smallest absolute Gasteiger partial charge is 0.339 e. The Morgan fingerprint density at radius 1 is 1.18 bits per heavy atom. The van der Waals surface area contributed by atoms with Gasteiger partial charge in [0.2, 0.25) is 0 Å². The molecule has 0 fully saturated rings. The summed E-state index contributed by atoms with van der Waals surface area (Å²) in [5.41, 5.74) is 8.29. The molecule has 5 rings (SSSR count). The Bertz CT molecular complexity index is 1670. The molecule has 5 aromatic rings. The van der Waals surface area contributed by atoms with Gasteiger partial charge in [-0.3, -0.25) is 9.36 Å². The highest BCUT2D eigenvalue weighted by Crippen LogP contribution is 2.21. The number of hydrogen-bond acceptors (Lipinski definition) is 6. The largest absolute Gasteiger partial charge is 0.381 e. The maximum Gasteiger partial charge on any atom is 0.339 e. The lowest BCUT2D eigenvalue weighted by Crippen LogP contribution is -2.34. The van der Waals surface area contributed by atoms with E-state index in [9.17, 15) is 9.59 Å². The quantitative estimate of drug-likeness (QED) is 0.402. The van der Waals surface area contributed by atoms with Gasteiger partial charge in [0.25, 0.3) is 5.91 Å². The van der Waals surface area contributed by atoms with Crippen molar-refractivity contribution < 1.29 is 4.79 Å². The SMILES string of the molecule is CC#Cc1cnc2cc([C@H](C)NC(=O)c3c(N)nn4cccnc34)n(-c3ccccc3)c(=O)n12. The van der Waals surface area contributed by atoms with Crippen LogP contribution in [0.4, 0.5) is 5.82 Å². The molecule has 10 heteroatoms. The number of para-hydroxylation sites is 1. The zero-order valence-electron chi connectivity index (χ0n) is 18.4. The van der Waals surface area contributed by atoms with Crippen LogP contribution in [0.25, 0.3) is 17.0 Å². The second kappa shape index (κ2) is 8.22. The van der Waals surface area contributed by atoms with Gasteiger partial charge in [-0.1, -0.05) is 24.1 Å². The predicted octanol–water partition coefficient (Wildman–Crippen LogP) is 1.97. The number of anilines is 1. The monoisotopic (exact) mass is 452 g/mol. The molecule has 34 heavy (non-hydrogen) atoms. The van der Waals surface area contributed by atoms with E-state index in [4.69, 9.17) is 5.73 Å². The first-order valence-electron chi connectivity index (χ1n) is 10.5. The third-order valence-corrected chi connectivity index (χ3v) is 5.42. The minimum atomic E-state index is -0.583. The number of nitrogen functional groups attached to an aromatic ring is 1. The van der Waals surface area contributed by atoms with Crippen LogP contribution < -0.4 is 16.7 Å². The number of rotatable bonds is 4. The topological polar surface area (TPSA) is 125 Å². The van der Waals surface area contributed by atoms with Crippen molar-refractivity contribution in [3.63, 3.8) is 0 Å². The molecule has 0 radical (unpaired) electrons. The van der Waals surface area contributed by atoms with Gasteiger partial charge in [0.15, 0.2) is 11.5 Å². The summed E-state index contributed by atoms with van der Waals surface area (Å²) < 4.78 is 4.44. The molecule has 1 amide bonds. The lowest BCUT2D eigenvalue weighted by atomic mass is 10.1. The van der Waals surface area contributed by atoms with E-state index in [1.165, 1.54) is 13.5 Å². The van der Waals surface area contributed by atoms with Gasteiger partial charge < -0.3 is 11.1 Å². The number of benzene rings is 1. The summed E-state index contributed by atoms with van der Waals surface area (Å²) >= 11 is 0. The average molecular weight is 452 g/mol. The van der Waals surface area contributed by atoms with Gasteiger partial charge in [-0.2, -0.15) is 0 Å². The molecule has 0 aliphatic carbocycles. The molecule has 1 atom stereocenters. The summed E-state index contributed by atoms with van der Waals surface area (Å²) in [6.07, 6.45) is 4.78. The molecule has 0 saturated carbocycles. The third-order valence-electron chi connectivity index (χ3n) is 5.42. The molecule has 4 aromatic heterocycles. The number of amides is 1. The zero-order chi connectivity index (χ0) is 23.8. The van der Waals surface area contributed by atoms with Gasteiger partial charge in [0.05, 0.1) is 23.6 Å². The molecule has 0 saturated heterocycles. The highest BCUT2D eigenvalue weighted by Gasteiger charge is 2.24. The van der Waals surface area contributed by atoms with E-state index in [1.54, 1.807) is 44.6 Å². The molecule has 4 heterocycles. The van der Waals surface area contributed by atoms with Crippen molar-refractivity contribution in [2.24, 2.45) is 0 Å². The number of nitrogens with zero attached hydrogens (tertiary/aromatic N) is 6. The molecular weight excluding hydrogens is 432 g/mol. The number of nitrogens with two attached hydrogens (primary N) is 1. The van der Waals surface area contributed by atoms with Crippen LogP contribution in [0.5, 0.6) is 0 Å². The molecule has 168 valence electrons. The molecule has 0 aliphatic heterocycles. The van der Waals surface area contributed by atoms with Gasteiger partial charge >= 0.3 is 5.69 Å². The van der Waals surface area contributed by atoms with Gasteiger partial charge in [-0.05, 0) is 38.0 Å². The van der Waals surface area contributed by atoms with Crippen molar-refractivity contribution in [1.29, 1.82) is 0 Å². The van der Waals surface area contributed by atoms with Crippen molar-refractivity contribution >= 4 is 23.0 Å². The van der Waals surface area contributed by atoms with Crippen LogP contribution in [0.1, 0.15) is 41.6 Å². The molecule has 0 bridgehead atoms. The van der Waals surface area contributed by atoms with E-state index < -0.39 is 11.9 Å². The maximum absolute atomic E-state index is 13.6. The number of aromatic nitrogens is 6. The van der Waals surface area contributed by atoms with E-state index in [2.05, 4.69) is 32.2 Å². The predicted molar refractivity (Wildman–Crippen MR) is 127 cm³/mol. The second-order valence-corrected chi connectivity index (χ2v) is 7.58. The van der Waals surface area contributed by atoms with Crippen LogP contribution in [0, 0.1) is 11.8 Å². The molecule has 0 unspecified atom stereocenters. The van der Waals surface area contributed by atoms with E-state index in [1.807, 2.05) is 30.3 Å². The first-order valence-corrected chi connectivity index (χ1v) is 10.5. The van der Waals surface area contributed by atoms with Crippen LogP contribution in [0.3, 0.4) is 0 Å². The summed E-state index contributed by atoms with van der Waals surface area (Å²) in [6, 6.07) is 12.1. The Kier molecular flexibility index (Phi) is 5.07. The number of carbonyl (C=O) groups excluding carboxylic acids is 1. The average Bonchev–Trinajstić information content (AvgIpc) is 3.39. The highest BCUT2D eigenvalue weighted by molar-refractivity contribution is 6.04. The Morgan fingerprint density at radius 3 is 2.74 bits per heavy atom. The summed E-state index contributed by atoms with van der Waals surface area (Å²) in [5.74, 6) is 5.33. The fourth-order valence-electron chi connectivity index (χ4n) is 3.91. The van der Waals surface area contributed by atoms with Crippen LogP contribution in [0.15, 0.2) is 65.8 Å². The van der Waals surface area contributed by atoms with Crippen LogP contribution in [0.2, 0.25) is 0 Å². The number of nitrogens with one attached hydrogen (secondary N) is 1. The van der Waals surface area contributed by atoms with Crippen LogP contribution in [-0.2, 0) is 0 Å². The highest BCUT2D eigenvalue weighted by atomic mass is 16.2. The van der Waals surface area contributed by atoms with E-state index in [0.29, 0.717) is 28.4 Å². The lowest BCUT2D eigenvalue weighted by molar-refractivity contribution is 0.0941. The van der Waals surface area contributed by atoms with Crippen LogP contribution >= 0.6 is 0 Å². The first-order chi connectivity index (χ1) is 16.5. The summed E-state index contributed by atoms with van der Waals surface area (Å²) in [4.78, 5) is 35.4. The summed E-state index contributed by atoms with van der Waals surface area (Å²) in [5, 5.41) is 7.07. The Balaban J connectivity index is 1.64. The van der Waals surface area contributed by atoms with Gasteiger partial charge in [-0.25, -0.2) is 23.7 Å².